The van der Waals surface area contributed by atoms with Crippen LogP contribution in [0.2, 0.25) is 0 Å². The van der Waals surface area contributed by atoms with Gasteiger partial charge in [0.15, 0.2) is 0 Å². The maximum Gasteiger partial charge on any atom is 0.305 e. The number of nitrogens with one attached hydrogen (secondary N) is 5. The lowest BCUT2D eigenvalue weighted by Gasteiger charge is -2.29. The van der Waals surface area contributed by atoms with Crippen molar-refractivity contribution in [1.29, 1.82) is 0 Å². The van der Waals surface area contributed by atoms with Gasteiger partial charge in [0.25, 0.3) is 0 Å². The first-order valence-corrected chi connectivity index (χ1v) is 15.5. The Balaban J connectivity index is 3.00. The van der Waals surface area contributed by atoms with Crippen LogP contribution in [-0.4, -0.2) is 135 Å². The minimum absolute atomic E-state index is 0.0876. The largest absolute Gasteiger partial charge is 0.481 e. The normalized spacial score (nSPS) is 17.4. The lowest BCUT2D eigenvalue weighted by Crippen LogP contribution is -2.60. The summed E-state index contributed by atoms with van der Waals surface area (Å²) < 4.78 is 0. The summed E-state index contributed by atoms with van der Waals surface area (Å²) in [4.78, 5) is 123. The molecule has 0 aromatic carbocycles. The van der Waals surface area contributed by atoms with Crippen molar-refractivity contribution in [3.05, 3.63) is 0 Å². The summed E-state index contributed by atoms with van der Waals surface area (Å²) in [6.45, 7) is 1.67. The monoisotopic (exact) mass is 715 g/mol. The highest BCUT2D eigenvalue weighted by Gasteiger charge is 2.39. The molecule has 8 amide bonds. The van der Waals surface area contributed by atoms with Gasteiger partial charge in [-0.15, -0.1) is 0 Å². The first-order valence-electron chi connectivity index (χ1n) is 15.5. The van der Waals surface area contributed by atoms with Crippen molar-refractivity contribution in [2.45, 2.75) is 101 Å². The molecule has 22 nitrogen and oxygen atoms in total. The van der Waals surface area contributed by atoms with Crippen molar-refractivity contribution in [2.75, 3.05) is 13.2 Å². The van der Waals surface area contributed by atoms with Crippen LogP contribution in [0.15, 0.2) is 0 Å². The Kier molecular flexibility index (Phi) is 17.2. The fraction of sp³-hybridized carbons (Fsp3) is 0.643. The molecule has 1 fully saturated rings. The van der Waals surface area contributed by atoms with E-state index in [0.717, 1.165) is 11.8 Å². The van der Waals surface area contributed by atoms with Gasteiger partial charge in [0.2, 0.25) is 47.3 Å². The van der Waals surface area contributed by atoms with Crippen LogP contribution >= 0.6 is 0 Å². The standard InChI is InChI=1S/C28H45N9O13/c1-12(22(31)44)32-27(49)18-4-3-9-37(18)28(50)17(11-38)36-23(45)13(2)33-26(48)16(10-21(42)43)35-25(47)15(6-8-20(40)41)34-24(46)14(29)5-7-19(30)39/h12-18,38H,3-11,29H2,1-2H3,(H2,30,39)(H2,31,44)(H,32,49)(H,33,48)(H,34,46)(H,35,47)(H,36,45)(H,40,41)(H,42,43)/t12-,13-,14-,15-,16-,17-,18-/m0/s1. The van der Waals surface area contributed by atoms with E-state index in [-0.39, 0.29) is 25.8 Å². The number of aliphatic hydroxyl groups excluding tert-OH is 1. The number of carboxylic acids is 2. The van der Waals surface area contributed by atoms with E-state index in [9.17, 15) is 58.2 Å². The molecule has 0 aromatic heterocycles. The third kappa shape index (κ3) is 14.0. The average molecular weight is 716 g/mol. The number of carbonyl (C=O) groups is 10. The molecule has 1 aliphatic heterocycles. The molecule has 14 N–H and O–H groups in total. The lowest BCUT2D eigenvalue weighted by atomic mass is 10.1. The van der Waals surface area contributed by atoms with Crippen LogP contribution in [0.25, 0.3) is 0 Å². The summed E-state index contributed by atoms with van der Waals surface area (Å²) in [5.41, 5.74) is 15.9. The number of likely N-dealkylation sites (tertiary alicyclic amines) is 1. The van der Waals surface area contributed by atoms with Gasteiger partial charge >= 0.3 is 11.9 Å². The van der Waals surface area contributed by atoms with Crippen LogP contribution in [0.3, 0.4) is 0 Å². The lowest BCUT2D eigenvalue weighted by molar-refractivity contribution is -0.143. The zero-order chi connectivity index (χ0) is 38.3. The third-order valence-electron chi connectivity index (χ3n) is 7.50. The average Bonchev–Trinajstić information content (AvgIpc) is 3.53. The van der Waals surface area contributed by atoms with Crippen molar-refractivity contribution < 1.29 is 63.3 Å². The Morgan fingerprint density at radius 1 is 0.720 bits per heavy atom. The molecule has 0 bridgehead atoms. The number of carboxylic acid groups (broad SMARTS) is 2. The second kappa shape index (κ2) is 20.2. The molecule has 1 heterocycles. The minimum atomic E-state index is -1.86. The number of nitrogens with zero attached hydrogens (tertiary/aromatic N) is 1. The van der Waals surface area contributed by atoms with Gasteiger partial charge in [-0.2, -0.15) is 0 Å². The zero-order valence-corrected chi connectivity index (χ0v) is 27.5. The van der Waals surface area contributed by atoms with Crippen LogP contribution < -0.4 is 43.8 Å². The fourth-order valence-electron chi connectivity index (χ4n) is 4.65. The fourth-order valence-corrected chi connectivity index (χ4v) is 4.65. The summed E-state index contributed by atoms with van der Waals surface area (Å²) in [6.07, 6.45) is -2.01. The highest BCUT2D eigenvalue weighted by atomic mass is 16.4. The topological polar surface area (TPSA) is 373 Å². The van der Waals surface area contributed by atoms with Crippen LogP contribution in [0.4, 0.5) is 0 Å². The second-order valence-corrected chi connectivity index (χ2v) is 11.6. The van der Waals surface area contributed by atoms with Crippen molar-refractivity contribution in [3.8, 4) is 0 Å². The molecule has 7 atom stereocenters. The molecule has 0 spiro atoms. The summed E-state index contributed by atoms with van der Waals surface area (Å²) in [5.74, 6) is -10.3. The maximum absolute atomic E-state index is 13.2. The van der Waals surface area contributed by atoms with E-state index in [4.69, 9.17) is 22.3 Å². The van der Waals surface area contributed by atoms with Crippen molar-refractivity contribution >= 4 is 59.2 Å². The molecule has 0 radical (unpaired) electrons. The molecule has 0 aliphatic carbocycles. The van der Waals surface area contributed by atoms with E-state index >= 15 is 0 Å². The number of carbonyl (C=O) groups excluding carboxylic acids is 8. The zero-order valence-electron chi connectivity index (χ0n) is 27.5. The van der Waals surface area contributed by atoms with Crippen LogP contribution in [0.5, 0.6) is 0 Å². The Bertz CT molecular complexity index is 1330. The Morgan fingerprint density at radius 3 is 1.84 bits per heavy atom. The minimum Gasteiger partial charge on any atom is -0.481 e. The number of hydrogen-bond acceptors (Lipinski definition) is 12. The van der Waals surface area contributed by atoms with Crippen LogP contribution in [0, 0.1) is 0 Å². The van der Waals surface area contributed by atoms with Gasteiger partial charge in [0, 0.05) is 19.4 Å². The molecule has 1 aliphatic rings. The molecule has 1 rings (SSSR count). The number of rotatable bonds is 21. The van der Waals surface area contributed by atoms with Crippen molar-refractivity contribution in [1.82, 2.24) is 31.5 Å². The summed E-state index contributed by atoms with van der Waals surface area (Å²) in [5, 5.41) is 39.4. The highest BCUT2D eigenvalue weighted by molar-refractivity contribution is 5.98. The number of hydrogen-bond donors (Lipinski definition) is 11. The van der Waals surface area contributed by atoms with Crippen LogP contribution in [-0.2, 0) is 47.9 Å². The van der Waals surface area contributed by atoms with Gasteiger partial charge in [-0.25, -0.2) is 0 Å². The molecule has 0 saturated carbocycles. The van der Waals surface area contributed by atoms with E-state index in [1.165, 1.54) is 6.92 Å². The SMILES string of the molecule is C[C@H](NC(=O)[C@@H]1CCCN1C(=O)[C@H](CO)NC(=O)[C@H](C)NC(=O)[C@H](CC(=O)O)NC(=O)[C@H](CCC(=O)O)NC(=O)[C@@H](N)CCC(N)=O)C(N)=O. The molecule has 280 valence electrons. The quantitative estimate of drug-likeness (QED) is 0.0527. The van der Waals surface area contributed by atoms with E-state index in [0.29, 0.717) is 6.42 Å². The van der Waals surface area contributed by atoms with E-state index in [1.54, 1.807) is 0 Å². The maximum atomic E-state index is 13.2. The van der Waals surface area contributed by atoms with Gasteiger partial charge in [-0.3, -0.25) is 47.9 Å². The first-order chi connectivity index (χ1) is 23.3. The van der Waals surface area contributed by atoms with Crippen molar-refractivity contribution in [3.63, 3.8) is 0 Å². The Hall–Kier alpha value is -5.38. The molecule has 1 saturated heterocycles. The van der Waals surface area contributed by atoms with Gasteiger partial charge in [-0.05, 0) is 39.5 Å². The number of primary amides is 2. The van der Waals surface area contributed by atoms with Gasteiger partial charge in [-0.1, -0.05) is 0 Å². The summed E-state index contributed by atoms with van der Waals surface area (Å²) >= 11 is 0. The molecule has 0 aromatic rings. The molecule has 0 unspecified atom stereocenters. The predicted octanol–water partition coefficient (Wildman–Crippen LogP) is -6.15. The van der Waals surface area contributed by atoms with E-state index in [1.807, 2.05) is 0 Å². The first kappa shape index (κ1) is 42.6. The smallest absolute Gasteiger partial charge is 0.305 e. The number of aliphatic carboxylic acids is 2. The number of nitrogens with two attached hydrogens (primary N) is 3. The van der Waals surface area contributed by atoms with Crippen LogP contribution in [0.1, 0.15) is 58.8 Å². The van der Waals surface area contributed by atoms with E-state index < -0.39 is 127 Å². The second-order valence-electron chi connectivity index (χ2n) is 11.6. The number of amides is 8. The Morgan fingerprint density at radius 2 is 1.30 bits per heavy atom. The summed E-state index contributed by atoms with van der Waals surface area (Å²) in [6, 6.07) is -9.92. The highest BCUT2D eigenvalue weighted by Crippen LogP contribution is 2.19. The molecular formula is C28H45N9O13. The molecular weight excluding hydrogens is 670 g/mol. The predicted molar refractivity (Wildman–Crippen MR) is 168 cm³/mol. The van der Waals surface area contributed by atoms with Crippen molar-refractivity contribution in [2.24, 2.45) is 17.2 Å². The van der Waals surface area contributed by atoms with E-state index in [2.05, 4.69) is 26.6 Å². The molecule has 22 heteroatoms. The number of aliphatic hydroxyl groups is 1. The Labute approximate surface area is 285 Å². The van der Waals surface area contributed by atoms with Gasteiger partial charge in [0.1, 0.15) is 36.3 Å². The summed E-state index contributed by atoms with van der Waals surface area (Å²) in [7, 11) is 0. The molecule has 50 heavy (non-hydrogen) atoms. The van der Waals surface area contributed by atoms with Gasteiger partial charge in [0.05, 0.1) is 19.1 Å². The van der Waals surface area contributed by atoms with Gasteiger partial charge < -0.3 is 64.0 Å². The third-order valence-corrected chi connectivity index (χ3v) is 7.50.